The number of nitrogens with zero attached hydrogens (tertiary/aromatic N) is 3. The zero-order chi connectivity index (χ0) is 16.1. The quantitative estimate of drug-likeness (QED) is 0.889. The summed E-state index contributed by atoms with van der Waals surface area (Å²) in [6, 6.07) is 6.93. The number of aryl methyl sites for hydroxylation is 1. The number of hydrogen-bond acceptors (Lipinski definition) is 3. The number of nitrogens with one attached hydrogen (secondary N) is 2. The van der Waals surface area contributed by atoms with Crippen molar-refractivity contribution in [2.24, 2.45) is 7.05 Å². The van der Waals surface area contributed by atoms with Crippen molar-refractivity contribution in [3.8, 4) is 0 Å². The Morgan fingerprint density at radius 1 is 1.41 bits per heavy atom. The molecule has 22 heavy (non-hydrogen) atoms. The Labute approximate surface area is 134 Å². The van der Waals surface area contributed by atoms with Crippen LogP contribution in [0.25, 0.3) is 0 Å². The van der Waals surface area contributed by atoms with E-state index in [1.807, 2.05) is 45.2 Å². The minimum Gasteiger partial charge on any atom is -0.331 e. The van der Waals surface area contributed by atoms with Gasteiger partial charge < -0.3 is 15.2 Å². The molecule has 2 rings (SSSR count). The molecule has 2 N–H and O–H groups in total. The van der Waals surface area contributed by atoms with Crippen LogP contribution >= 0.6 is 11.6 Å². The van der Waals surface area contributed by atoms with Crippen LogP contribution in [0.15, 0.2) is 30.6 Å². The fourth-order valence-corrected chi connectivity index (χ4v) is 2.49. The lowest BCUT2D eigenvalue weighted by atomic mass is 10.1. The van der Waals surface area contributed by atoms with Crippen LogP contribution in [0.4, 0.5) is 4.79 Å². The SMILES string of the molecule is CC[C@@H](NC(=O)N[C@@H](C)c1nncn1C)c1cccc(Cl)c1. The van der Waals surface area contributed by atoms with Gasteiger partial charge >= 0.3 is 6.03 Å². The van der Waals surface area contributed by atoms with Crippen LogP contribution in [0, 0.1) is 0 Å². The predicted molar refractivity (Wildman–Crippen MR) is 85.6 cm³/mol. The molecule has 1 aromatic heterocycles. The van der Waals surface area contributed by atoms with E-state index in [0.29, 0.717) is 10.8 Å². The number of hydrogen-bond donors (Lipinski definition) is 2. The third-order valence-corrected chi connectivity index (χ3v) is 3.68. The highest BCUT2D eigenvalue weighted by Crippen LogP contribution is 2.20. The number of rotatable bonds is 5. The van der Waals surface area contributed by atoms with E-state index in [9.17, 15) is 4.79 Å². The van der Waals surface area contributed by atoms with E-state index in [4.69, 9.17) is 11.6 Å². The van der Waals surface area contributed by atoms with E-state index >= 15 is 0 Å². The molecule has 6 nitrogen and oxygen atoms in total. The monoisotopic (exact) mass is 321 g/mol. The smallest absolute Gasteiger partial charge is 0.315 e. The largest absolute Gasteiger partial charge is 0.331 e. The van der Waals surface area contributed by atoms with E-state index < -0.39 is 0 Å². The van der Waals surface area contributed by atoms with Gasteiger partial charge in [-0.3, -0.25) is 0 Å². The summed E-state index contributed by atoms with van der Waals surface area (Å²) in [4.78, 5) is 12.2. The zero-order valence-corrected chi connectivity index (χ0v) is 13.6. The molecule has 0 aliphatic rings. The molecular formula is C15H20ClN5O. The van der Waals surface area contributed by atoms with Gasteiger partial charge in [-0.15, -0.1) is 10.2 Å². The van der Waals surface area contributed by atoms with Crippen molar-refractivity contribution in [3.05, 3.63) is 47.0 Å². The topological polar surface area (TPSA) is 71.8 Å². The van der Waals surface area contributed by atoms with Gasteiger partial charge in [0, 0.05) is 12.1 Å². The summed E-state index contributed by atoms with van der Waals surface area (Å²) in [7, 11) is 1.84. The van der Waals surface area contributed by atoms with Crippen molar-refractivity contribution < 1.29 is 4.79 Å². The molecule has 0 saturated heterocycles. The fraction of sp³-hybridized carbons (Fsp3) is 0.400. The summed E-state index contributed by atoms with van der Waals surface area (Å²) in [6.07, 6.45) is 2.37. The van der Waals surface area contributed by atoms with Crippen LogP contribution in [0.1, 0.15) is 43.7 Å². The van der Waals surface area contributed by atoms with Crippen molar-refractivity contribution in [1.29, 1.82) is 0 Å². The summed E-state index contributed by atoms with van der Waals surface area (Å²) in [5.41, 5.74) is 0.983. The Morgan fingerprint density at radius 2 is 2.18 bits per heavy atom. The Morgan fingerprint density at radius 3 is 2.77 bits per heavy atom. The number of carbonyl (C=O) groups is 1. The van der Waals surface area contributed by atoms with Crippen LogP contribution in [0.5, 0.6) is 0 Å². The number of benzene rings is 1. The van der Waals surface area contributed by atoms with Crippen LogP contribution in [0.2, 0.25) is 5.02 Å². The van der Waals surface area contributed by atoms with Gasteiger partial charge in [-0.1, -0.05) is 30.7 Å². The summed E-state index contributed by atoms with van der Waals surface area (Å²) in [5.74, 6) is 0.700. The van der Waals surface area contributed by atoms with Crippen molar-refractivity contribution in [2.45, 2.75) is 32.4 Å². The zero-order valence-electron chi connectivity index (χ0n) is 12.9. The Bertz CT molecular complexity index is 642. The standard InChI is InChI=1S/C15H20ClN5O/c1-4-13(11-6-5-7-12(16)8-11)19-15(22)18-10(2)14-20-17-9-21(14)3/h5-10,13H,4H2,1-3H3,(H2,18,19,22)/t10-,13+/m0/s1. The van der Waals surface area contributed by atoms with Crippen LogP contribution in [0.3, 0.4) is 0 Å². The third kappa shape index (κ3) is 3.98. The summed E-state index contributed by atoms with van der Waals surface area (Å²) in [5, 5.41) is 14.3. The van der Waals surface area contributed by atoms with Gasteiger partial charge in [0.25, 0.3) is 0 Å². The van der Waals surface area contributed by atoms with Crippen molar-refractivity contribution >= 4 is 17.6 Å². The number of halogens is 1. The minimum atomic E-state index is -0.248. The summed E-state index contributed by atoms with van der Waals surface area (Å²) >= 11 is 6.01. The van der Waals surface area contributed by atoms with Gasteiger partial charge in [0.1, 0.15) is 6.33 Å². The molecule has 0 radical (unpaired) electrons. The average Bonchev–Trinajstić information content (AvgIpc) is 2.91. The molecule has 0 saturated carbocycles. The van der Waals surface area contributed by atoms with Crippen LogP contribution < -0.4 is 10.6 Å². The predicted octanol–water partition coefficient (Wildman–Crippen LogP) is 2.98. The molecule has 2 amide bonds. The number of amides is 2. The maximum atomic E-state index is 12.2. The van der Waals surface area contributed by atoms with E-state index in [1.165, 1.54) is 0 Å². The molecule has 2 aromatic rings. The second-order valence-corrected chi connectivity index (χ2v) is 5.59. The molecule has 0 aliphatic heterocycles. The Balaban J connectivity index is 1.99. The van der Waals surface area contributed by atoms with E-state index in [1.54, 1.807) is 10.9 Å². The van der Waals surface area contributed by atoms with Gasteiger partial charge in [-0.25, -0.2) is 4.79 Å². The highest BCUT2D eigenvalue weighted by Gasteiger charge is 2.17. The first-order chi connectivity index (χ1) is 10.5. The molecule has 0 fully saturated rings. The lowest BCUT2D eigenvalue weighted by Crippen LogP contribution is -2.39. The molecule has 1 aromatic carbocycles. The normalized spacial score (nSPS) is 13.5. The first-order valence-corrected chi connectivity index (χ1v) is 7.55. The molecule has 7 heteroatoms. The van der Waals surface area contributed by atoms with Gasteiger partial charge in [-0.2, -0.15) is 0 Å². The Kier molecular flexibility index (Phi) is 5.38. The third-order valence-electron chi connectivity index (χ3n) is 3.45. The summed E-state index contributed by atoms with van der Waals surface area (Å²) < 4.78 is 1.78. The van der Waals surface area contributed by atoms with Gasteiger partial charge in [-0.05, 0) is 31.0 Å². The van der Waals surface area contributed by atoms with Gasteiger partial charge in [0.05, 0.1) is 12.1 Å². The van der Waals surface area contributed by atoms with E-state index in [-0.39, 0.29) is 18.1 Å². The minimum absolute atomic E-state index is 0.0922. The molecule has 1 heterocycles. The Hall–Kier alpha value is -2.08. The molecule has 118 valence electrons. The van der Waals surface area contributed by atoms with Crippen molar-refractivity contribution in [2.75, 3.05) is 0 Å². The first kappa shape index (κ1) is 16.3. The second-order valence-electron chi connectivity index (χ2n) is 5.16. The maximum absolute atomic E-state index is 12.2. The first-order valence-electron chi connectivity index (χ1n) is 7.17. The molecule has 0 bridgehead atoms. The lowest BCUT2D eigenvalue weighted by molar-refractivity contribution is 0.233. The lowest BCUT2D eigenvalue weighted by Gasteiger charge is -2.20. The number of urea groups is 1. The van der Waals surface area contributed by atoms with Gasteiger partial charge in [0.15, 0.2) is 5.82 Å². The van der Waals surface area contributed by atoms with E-state index in [0.717, 1.165) is 12.0 Å². The molecule has 2 atom stereocenters. The number of aromatic nitrogens is 3. The average molecular weight is 322 g/mol. The molecule has 0 aliphatic carbocycles. The van der Waals surface area contributed by atoms with Gasteiger partial charge in [0.2, 0.25) is 0 Å². The van der Waals surface area contributed by atoms with Crippen molar-refractivity contribution in [1.82, 2.24) is 25.4 Å². The summed E-state index contributed by atoms with van der Waals surface area (Å²) in [6.45, 7) is 3.88. The van der Waals surface area contributed by atoms with E-state index in [2.05, 4.69) is 20.8 Å². The molecule has 0 spiro atoms. The maximum Gasteiger partial charge on any atom is 0.315 e. The van der Waals surface area contributed by atoms with Crippen LogP contribution in [-0.4, -0.2) is 20.8 Å². The number of carbonyl (C=O) groups excluding carboxylic acids is 1. The highest BCUT2D eigenvalue weighted by atomic mass is 35.5. The second kappa shape index (κ2) is 7.26. The molecule has 0 unspecified atom stereocenters. The molecular weight excluding hydrogens is 302 g/mol. The van der Waals surface area contributed by atoms with Crippen molar-refractivity contribution in [3.63, 3.8) is 0 Å². The van der Waals surface area contributed by atoms with Crippen LogP contribution in [-0.2, 0) is 7.05 Å². The highest BCUT2D eigenvalue weighted by molar-refractivity contribution is 6.30. The fourth-order valence-electron chi connectivity index (χ4n) is 2.29.